The molecule has 0 aliphatic heterocycles. The molecule has 0 radical (unpaired) electrons. The number of ketones is 1. The van der Waals surface area contributed by atoms with Crippen LogP contribution in [0, 0.1) is 5.82 Å². The minimum absolute atomic E-state index is 0.0575. The zero-order valence-corrected chi connectivity index (χ0v) is 7.17. The molecule has 1 aromatic rings. The minimum atomic E-state index is -0.815. The molecule has 0 spiro atoms. The van der Waals surface area contributed by atoms with Gasteiger partial charge in [-0.05, 0) is 6.07 Å². The summed E-state index contributed by atoms with van der Waals surface area (Å²) in [5, 5.41) is 8.99. The Morgan fingerprint density at radius 2 is 2.23 bits per heavy atom. The zero-order chi connectivity index (χ0) is 10.0. The topological polar surface area (TPSA) is 63.3 Å². The number of hydrogen-bond donors (Lipinski definition) is 2. The molecule has 0 saturated heterocycles. The number of phenolic OH excluding ortho intramolecular Hbond substituents is 1. The van der Waals surface area contributed by atoms with Crippen LogP contribution < -0.4 is 5.73 Å². The average molecular weight is 183 g/mol. The van der Waals surface area contributed by atoms with Crippen LogP contribution in [0.1, 0.15) is 23.7 Å². The predicted octanol–water partition coefficient (Wildman–Crippen LogP) is 1.71. The Morgan fingerprint density at radius 1 is 1.62 bits per heavy atom. The first-order chi connectivity index (χ1) is 6.06. The van der Waals surface area contributed by atoms with E-state index in [0.717, 1.165) is 12.1 Å². The number of halogens is 1. The Bertz CT molecular complexity index is 350. The van der Waals surface area contributed by atoms with Crippen molar-refractivity contribution in [2.75, 3.05) is 5.73 Å². The molecule has 0 fully saturated rings. The zero-order valence-electron chi connectivity index (χ0n) is 7.17. The summed E-state index contributed by atoms with van der Waals surface area (Å²) >= 11 is 0. The number of aromatic hydroxyl groups is 1. The van der Waals surface area contributed by atoms with Crippen molar-refractivity contribution in [2.45, 2.75) is 13.3 Å². The number of rotatable bonds is 2. The van der Waals surface area contributed by atoms with Crippen molar-refractivity contribution in [1.82, 2.24) is 0 Å². The fourth-order valence-electron chi connectivity index (χ4n) is 1.01. The van der Waals surface area contributed by atoms with Crippen LogP contribution in [0.3, 0.4) is 0 Å². The number of phenols is 1. The van der Waals surface area contributed by atoms with Crippen molar-refractivity contribution in [3.63, 3.8) is 0 Å². The van der Waals surface area contributed by atoms with Gasteiger partial charge in [0, 0.05) is 23.7 Å². The number of nitrogens with two attached hydrogens (primary N) is 1. The quantitative estimate of drug-likeness (QED) is 0.416. The van der Waals surface area contributed by atoms with Gasteiger partial charge in [0.15, 0.2) is 17.3 Å². The van der Waals surface area contributed by atoms with Crippen molar-refractivity contribution in [3.05, 3.63) is 23.5 Å². The van der Waals surface area contributed by atoms with Gasteiger partial charge < -0.3 is 10.8 Å². The Labute approximate surface area is 75.0 Å². The molecule has 70 valence electrons. The number of nitrogen functional groups attached to an aromatic ring is 1. The second-order valence-corrected chi connectivity index (χ2v) is 2.67. The van der Waals surface area contributed by atoms with Gasteiger partial charge in [0.25, 0.3) is 0 Å². The van der Waals surface area contributed by atoms with Gasteiger partial charge in [-0.3, -0.25) is 4.79 Å². The van der Waals surface area contributed by atoms with Crippen LogP contribution in [-0.2, 0) is 0 Å². The van der Waals surface area contributed by atoms with E-state index in [4.69, 9.17) is 10.8 Å². The van der Waals surface area contributed by atoms with Crippen molar-refractivity contribution < 1.29 is 14.3 Å². The van der Waals surface area contributed by atoms with Crippen molar-refractivity contribution in [1.29, 1.82) is 0 Å². The molecule has 13 heavy (non-hydrogen) atoms. The fraction of sp³-hybridized carbons (Fsp3) is 0.222. The van der Waals surface area contributed by atoms with Crippen LogP contribution in [0.5, 0.6) is 5.75 Å². The van der Waals surface area contributed by atoms with E-state index in [1.807, 2.05) is 0 Å². The summed E-state index contributed by atoms with van der Waals surface area (Å²) in [4.78, 5) is 11.2. The van der Waals surface area contributed by atoms with Crippen LogP contribution in [0.4, 0.5) is 10.1 Å². The number of carbonyl (C=O) groups excluding carboxylic acids is 1. The Balaban J connectivity index is 3.23. The lowest BCUT2D eigenvalue weighted by Crippen LogP contribution is -2.02. The third-order valence-corrected chi connectivity index (χ3v) is 1.74. The standard InChI is InChI=1S/C9H10FNO2/c1-2-8(12)5-3-9(13)6(10)4-7(5)11/h3-4,13H,2,11H2,1H3. The first-order valence-corrected chi connectivity index (χ1v) is 3.87. The molecule has 1 aromatic carbocycles. The van der Waals surface area contributed by atoms with Crippen LogP contribution in [0.2, 0.25) is 0 Å². The molecule has 0 heterocycles. The summed E-state index contributed by atoms with van der Waals surface area (Å²) in [6, 6.07) is 1.99. The maximum atomic E-state index is 12.7. The predicted molar refractivity (Wildman–Crippen MR) is 47.1 cm³/mol. The number of Topliss-reactive ketones (excluding diaryl/α,β-unsaturated/α-hetero) is 1. The number of anilines is 1. The van der Waals surface area contributed by atoms with Gasteiger partial charge in [0.05, 0.1) is 0 Å². The molecular formula is C9H10FNO2. The maximum Gasteiger partial charge on any atom is 0.166 e. The number of benzene rings is 1. The highest BCUT2D eigenvalue weighted by atomic mass is 19.1. The van der Waals surface area contributed by atoms with Crippen molar-refractivity contribution >= 4 is 11.5 Å². The van der Waals surface area contributed by atoms with Gasteiger partial charge in [0.1, 0.15) is 0 Å². The smallest absolute Gasteiger partial charge is 0.166 e. The fourth-order valence-corrected chi connectivity index (χ4v) is 1.01. The highest BCUT2D eigenvalue weighted by Crippen LogP contribution is 2.23. The molecule has 3 N–H and O–H groups in total. The summed E-state index contributed by atoms with van der Waals surface area (Å²) in [6.45, 7) is 1.67. The van der Waals surface area contributed by atoms with Crippen molar-refractivity contribution in [3.8, 4) is 5.75 Å². The molecule has 3 nitrogen and oxygen atoms in total. The first-order valence-electron chi connectivity index (χ1n) is 3.87. The molecule has 0 aliphatic rings. The molecule has 0 unspecified atom stereocenters. The van der Waals surface area contributed by atoms with E-state index in [9.17, 15) is 9.18 Å². The first kappa shape index (κ1) is 9.51. The molecule has 0 atom stereocenters. The van der Waals surface area contributed by atoms with E-state index in [1.165, 1.54) is 0 Å². The Morgan fingerprint density at radius 3 is 2.77 bits per heavy atom. The molecular weight excluding hydrogens is 173 g/mol. The monoisotopic (exact) mass is 183 g/mol. The second kappa shape index (κ2) is 3.43. The summed E-state index contributed by atoms with van der Waals surface area (Å²) < 4.78 is 12.7. The third-order valence-electron chi connectivity index (χ3n) is 1.74. The van der Waals surface area contributed by atoms with E-state index in [0.29, 0.717) is 0 Å². The number of carbonyl (C=O) groups is 1. The van der Waals surface area contributed by atoms with E-state index in [2.05, 4.69) is 0 Å². The van der Waals surface area contributed by atoms with E-state index in [1.54, 1.807) is 6.92 Å². The minimum Gasteiger partial charge on any atom is -0.505 e. The van der Waals surface area contributed by atoms with Crippen LogP contribution in [0.25, 0.3) is 0 Å². The SMILES string of the molecule is CCC(=O)c1cc(O)c(F)cc1N. The molecule has 0 aromatic heterocycles. The molecule has 0 aliphatic carbocycles. The average Bonchev–Trinajstić information content (AvgIpc) is 2.10. The van der Waals surface area contributed by atoms with Gasteiger partial charge >= 0.3 is 0 Å². The second-order valence-electron chi connectivity index (χ2n) is 2.67. The van der Waals surface area contributed by atoms with E-state index < -0.39 is 11.6 Å². The van der Waals surface area contributed by atoms with Gasteiger partial charge in [-0.2, -0.15) is 0 Å². The van der Waals surface area contributed by atoms with Gasteiger partial charge in [-0.25, -0.2) is 4.39 Å². The Hall–Kier alpha value is -1.58. The lowest BCUT2D eigenvalue weighted by atomic mass is 10.1. The normalized spacial score (nSPS) is 10.0. The van der Waals surface area contributed by atoms with Crippen LogP contribution in [0.15, 0.2) is 12.1 Å². The lowest BCUT2D eigenvalue weighted by molar-refractivity contribution is 0.0988. The van der Waals surface area contributed by atoms with Gasteiger partial charge in [-0.15, -0.1) is 0 Å². The molecule has 4 heteroatoms. The Kier molecular flexibility index (Phi) is 2.51. The van der Waals surface area contributed by atoms with E-state index >= 15 is 0 Å². The lowest BCUT2D eigenvalue weighted by Gasteiger charge is -2.04. The molecule has 1 rings (SSSR count). The van der Waals surface area contributed by atoms with Gasteiger partial charge in [-0.1, -0.05) is 6.92 Å². The number of hydrogen-bond acceptors (Lipinski definition) is 3. The van der Waals surface area contributed by atoms with Crippen LogP contribution >= 0.6 is 0 Å². The van der Waals surface area contributed by atoms with Crippen LogP contribution in [-0.4, -0.2) is 10.9 Å². The molecule has 0 bridgehead atoms. The molecule has 0 amide bonds. The maximum absolute atomic E-state index is 12.7. The third kappa shape index (κ3) is 1.77. The summed E-state index contributed by atoms with van der Waals surface area (Å²) in [5.41, 5.74) is 5.62. The summed E-state index contributed by atoms with van der Waals surface area (Å²) in [7, 11) is 0. The highest BCUT2D eigenvalue weighted by Gasteiger charge is 2.11. The summed E-state index contributed by atoms with van der Waals surface area (Å²) in [6.07, 6.45) is 0.273. The molecule has 0 saturated carbocycles. The largest absolute Gasteiger partial charge is 0.505 e. The van der Waals surface area contributed by atoms with Crippen molar-refractivity contribution in [2.24, 2.45) is 0 Å². The highest BCUT2D eigenvalue weighted by molar-refractivity contribution is 6.00. The van der Waals surface area contributed by atoms with Gasteiger partial charge in [0.2, 0.25) is 0 Å². The summed E-state index contributed by atoms with van der Waals surface area (Å²) in [5.74, 6) is -1.58. The van der Waals surface area contributed by atoms with E-state index in [-0.39, 0.29) is 23.5 Å².